The Balaban J connectivity index is 1.39. The van der Waals surface area contributed by atoms with Crippen LogP contribution < -0.4 is 15.5 Å². The minimum atomic E-state index is 0.0946. The number of hydrogen-bond acceptors (Lipinski definition) is 5. The minimum absolute atomic E-state index is 0.0946. The van der Waals surface area contributed by atoms with Crippen molar-refractivity contribution in [1.29, 1.82) is 0 Å². The van der Waals surface area contributed by atoms with E-state index in [0.717, 1.165) is 39.1 Å². The van der Waals surface area contributed by atoms with Gasteiger partial charge in [0.25, 0.3) is 0 Å². The molecule has 0 radical (unpaired) electrons. The van der Waals surface area contributed by atoms with Gasteiger partial charge in [0.2, 0.25) is 0 Å². The SMILES string of the molecule is OCCNC(=S)NCCN1CCCC(N2CCc3cncc4cccc2c34)C1. The summed E-state index contributed by atoms with van der Waals surface area (Å²) < 4.78 is 0. The molecule has 2 aliphatic heterocycles. The molecule has 3 heterocycles. The Hall–Kier alpha value is -1.96. The molecule has 0 aliphatic carbocycles. The van der Waals surface area contributed by atoms with Gasteiger partial charge >= 0.3 is 0 Å². The maximum Gasteiger partial charge on any atom is 0.166 e. The van der Waals surface area contributed by atoms with E-state index in [4.69, 9.17) is 17.3 Å². The molecule has 0 amide bonds. The Bertz CT molecular complexity index is 824. The lowest BCUT2D eigenvalue weighted by atomic mass is 9.95. The lowest BCUT2D eigenvalue weighted by molar-refractivity contribution is 0.206. The van der Waals surface area contributed by atoms with Gasteiger partial charge in [-0.1, -0.05) is 12.1 Å². The normalized spacial score (nSPS) is 19.6. The summed E-state index contributed by atoms with van der Waals surface area (Å²) in [5, 5.41) is 18.3. The first-order valence-corrected chi connectivity index (χ1v) is 10.6. The van der Waals surface area contributed by atoms with Gasteiger partial charge in [-0.3, -0.25) is 9.88 Å². The van der Waals surface area contributed by atoms with Crippen molar-refractivity contribution >= 4 is 33.8 Å². The average molecular weight is 400 g/mol. The van der Waals surface area contributed by atoms with Crippen LogP contribution in [0.2, 0.25) is 0 Å². The molecular formula is C21H29N5OS. The predicted molar refractivity (Wildman–Crippen MR) is 118 cm³/mol. The summed E-state index contributed by atoms with van der Waals surface area (Å²) in [4.78, 5) is 9.58. The van der Waals surface area contributed by atoms with Crippen LogP contribution in [-0.2, 0) is 6.42 Å². The molecule has 7 heteroatoms. The standard InChI is InChI=1S/C21H29N5OS/c27-12-8-24-21(28)23-7-11-25-9-2-4-18(15-25)26-10-6-17-14-22-13-16-3-1-5-19(26)20(16)17/h1,3,5,13-14,18,27H,2,4,6-12,15H2,(H2,23,24,28). The van der Waals surface area contributed by atoms with Crippen LogP contribution in [0.1, 0.15) is 18.4 Å². The topological polar surface area (TPSA) is 63.7 Å². The fourth-order valence-corrected chi connectivity index (χ4v) is 4.71. The van der Waals surface area contributed by atoms with Crippen molar-refractivity contribution in [2.45, 2.75) is 25.3 Å². The lowest BCUT2D eigenvalue weighted by Crippen LogP contribution is -2.51. The number of anilines is 1. The minimum Gasteiger partial charge on any atom is -0.395 e. The molecule has 1 aromatic carbocycles. The summed E-state index contributed by atoms with van der Waals surface area (Å²) in [6.45, 7) is 5.71. The molecule has 150 valence electrons. The van der Waals surface area contributed by atoms with Crippen molar-refractivity contribution in [1.82, 2.24) is 20.5 Å². The third-order valence-corrected chi connectivity index (χ3v) is 6.09. The molecule has 4 rings (SSSR count). The summed E-state index contributed by atoms with van der Waals surface area (Å²) in [5.74, 6) is 0. The maximum atomic E-state index is 8.85. The number of nitrogens with one attached hydrogen (secondary N) is 2. The van der Waals surface area contributed by atoms with Crippen molar-refractivity contribution < 1.29 is 5.11 Å². The zero-order valence-corrected chi connectivity index (χ0v) is 17.0. The molecule has 2 aliphatic rings. The molecule has 1 aromatic heterocycles. The smallest absolute Gasteiger partial charge is 0.166 e. The van der Waals surface area contributed by atoms with E-state index in [9.17, 15) is 0 Å². The van der Waals surface area contributed by atoms with Gasteiger partial charge in [-0.05, 0) is 49.7 Å². The molecule has 3 N–H and O–H groups in total. The van der Waals surface area contributed by atoms with Gasteiger partial charge in [-0.15, -0.1) is 0 Å². The number of hydrogen-bond donors (Lipinski definition) is 3. The lowest BCUT2D eigenvalue weighted by Gasteiger charge is -2.43. The molecule has 1 saturated heterocycles. The Morgan fingerprint density at radius 2 is 2.11 bits per heavy atom. The summed E-state index contributed by atoms with van der Waals surface area (Å²) >= 11 is 5.22. The van der Waals surface area contributed by atoms with Gasteiger partial charge in [0.1, 0.15) is 0 Å². The molecule has 0 bridgehead atoms. The van der Waals surface area contributed by atoms with E-state index in [1.54, 1.807) is 0 Å². The van der Waals surface area contributed by atoms with Crippen LogP contribution in [0.4, 0.5) is 5.69 Å². The number of benzene rings is 1. The zero-order chi connectivity index (χ0) is 19.3. The fraction of sp³-hybridized carbons (Fsp3) is 0.524. The summed E-state index contributed by atoms with van der Waals surface area (Å²) in [6.07, 6.45) is 7.57. The third-order valence-electron chi connectivity index (χ3n) is 5.80. The monoisotopic (exact) mass is 399 g/mol. The highest BCUT2D eigenvalue weighted by molar-refractivity contribution is 7.80. The second-order valence-electron chi connectivity index (χ2n) is 7.62. The molecule has 0 spiro atoms. The van der Waals surface area contributed by atoms with Crippen LogP contribution in [0, 0.1) is 0 Å². The van der Waals surface area contributed by atoms with Crippen LogP contribution in [-0.4, -0.2) is 72.0 Å². The summed E-state index contributed by atoms with van der Waals surface area (Å²) in [7, 11) is 0. The number of pyridine rings is 1. The van der Waals surface area contributed by atoms with E-state index in [0.29, 0.717) is 17.7 Å². The van der Waals surface area contributed by atoms with E-state index >= 15 is 0 Å². The largest absolute Gasteiger partial charge is 0.395 e. The van der Waals surface area contributed by atoms with Crippen molar-refractivity contribution in [3.05, 3.63) is 36.2 Å². The van der Waals surface area contributed by atoms with Gasteiger partial charge in [0, 0.05) is 67.6 Å². The molecule has 1 fully saturated rings. The van der Waals surface area contributed by atoms with Crippen molar-refractivity contribution in [3.8, 4) is 0 Å². The highest BCUT2D eigenvalue weighted by atomic mass is 32.1. The molecule has 6 nitrogen and oxygen atoms in total. The van der Waals surface area contributed by atoms with Crippen molar-refractivity contribution in [2.24, 2.45) is 0 Å². The molecule has 0 saturated carbocycles. The molecule has 2 aromatic rings. The quantitative estimate of drug-likeness (QED) is 0.637. The Labute approximate surface area is 171 Å². The van der Waals surface area contributed by atoms with E-state index in [1.165, 1.54) is 34.9 Å². The van der Waals surface area contributed by atoms with E-state index in [2.05, 4.69) is 43.6 Å². The van der Waals surface area contributed by atoms with Crippen molar-refractivity contribution in [3.63, 3.8) is 0 Å². The Morgan fingerprint density at radius 3 is 3.00 bits per heavy atom. The Morgan fingerprint density at radius 1 is 1.21 bits per heavy atom. The van der Waals surface area contributed by atoms with Crippen LogP contribution in [0.3, 0.4) is 0 Å². The van der Waals surface area contributed by atoms with Gasteiger partial charge in [-0.25, -0.2) is 0 Å². The third kappa shape index (κ3) is 4.21. The number of aliphatic hydroxyl groups is 1. The van der Waals surface area contributed by atoms with Gasteiger partial charge < -0.3 is 20.6 Å². The molecule has 1 unspecified atom stereocenters. The maximum absolute atomic E-state index is 8.85. The van der Waals surface area contributed by atoms with E-state index in [1.807, 2.05) is 12.4 Å². The van der Waals surface area contributed by atoms with Crippen LogP contribution in [0.15, 0.2) is 30.6 Å². The molecule has 1 atom stereocenters. The number of nitrogens with zero attached hydrogens (tertiary/aromatic N) is 3. The predicted octanol–water partition coefficient (Wildman–Crippen LogP) is 1.52. The second-order valence-corrected chi connectivity index (χ2v) is 8.03. The summed E-state index contributed by atoms with van der Waals surface area (Å²) in [6, 6.07) is 7.16. The number of likely N-dealkylation sites (tertiary alicyclic amines) is 1. The number of piperidine rings is 1. The summed E-state index contributed by atoms with van der Waals surface area (Å²) in [5.41, 5.74) is 2.76. The second kappa shape index (κ2) is 9.03. The zero-order valence-electron chi connectivity index (χ0n) is 16.2. The van der Waals surface area contributed by atoms with Crippen molar-refractivity contribution in [2.75, 3.05) is 50.8 Å². The van der Waals surface area contributed by atoms with E-state index < -0.39 is 0 Å². The van der Waals surface area contributed by atoms with Crippen LogP contribution in [0.25, 0.3) is 10.8 Å². The fourth-order valence-electron chi connectivity index (χ4n) is 4.50. The average Bonchev–Trinajstić information content (AvgIpc) is 2.73. The first-order valence-electron chi connectivity index (χ1n) is 10.2. The number of aliphatic hydroxyl groups excluding tert-OH is 1. The van der Waals surface area contributed by atoms with Gasteiger partial charge in [0.05, 0.1) is 6.61 Å². The van der Waals surface area contributed by atoms with Crippen LogP contribution in [0.5, 0.6) is 0 Å². The molecule has 28 heavy (non-hydrogen) atoms. The number of aromatic nitrogens is 1. The van der Waals surface area contributed by atoms with Gasteiger partial charge in [-0.2, -0.15) is 0 Å². The van der Waals surface area contributed by atoms with Gasteiger partial charge in [0.15, 0.2) is 5.11 Å². The molecular weight excluding hydrogens is 370 g/mol. The highest BCUT2D eigenvalue weighted by Crippen LogP contribution is 2.35. The highest BCUT2D eigenvalue weighted by Gasteiger charge is 2.29. The van der Waals surface area contributed by atoms with Crippen LogP contribution >= 0.6 is 12.2 Å². The number of rotatable bonds is 6. The first kappa shape index (κ1) is 19.4. The Kier molecular flexibility index (Phi) is 6.24. The van der Waals surface area contributed by atoms with E-state index in [-0.39, 0.29) is 6.61 Å². The number of thiocarbonyl (C=S) groups is 1. The first-order chi connectivity index (χ1) is 13.8.